The van der Waals surface area contributed by atoms with Crippen molar-refractivity contribution in [2.24, 2.45) is 20.0 Å². The molecule has 0 aromatic carbocycles. The van der Waals surface area contributed by atoms with Crippen molar-refractivity contribution in [1.82, 2.24) is 0 Å². The molecule has 8 nitrogen and oxygen atoms in total. The molecule has 0 bridgehead atoms. The third kappa shape index (κ3) is 9.54. The van der Waals surface area contributed by atoms with Crippen molar-refractivity contribution in [1.29, 1.82) is 0 Å². The number of aliphatic imine (C=N–C) groups is 4. The Morgan fingerprint density at radius 1 is 0.550 bits per heavy atom. The largest absolute Gasteiger partial charge is 0.237 e. The van der Waals surface area contributed by atoms with E-state index in [2.05, 4.69) is 20.0 Å². The van der Waals surface area contributed by atoms with Crippen molar-refractivity contribution in [3.8, 4) is 0 Å². The van der Waals surface area contributed by atoms with Gasteiger partial charge < -0.3 is 0 Å². The first kappa shape index (κ1) is 17.5. The Kier molecular flexibility index (Phi) is 11.4. The molecule has 0 atom stereocenters. The second kappa shape index (κ2) is 13.0. The summed E-state index contributed by atoms with van der Waals surface area (Å²) in [6, 6.07) is 0. The minimum atomic E-state index is -0.711. The van der Waals surface area contributed by atoms with Crippen LogP contribution in [-0.2, 0) is 19.2 Å². The molecule has 0 aliphatic heterocycles. The zero-order chi connectivity index (χ0) is 15.1. The van der Waals surface area contributed by atoms with Crippen molar-refractivity contribution in [2.75, 3.05) is 0 Å². The second-order valence-electron chi connectivity index (χ2n) is 3.83. The summed E-state index contributed by atoms with van der Waals surface area (Å²) < 4.78 is 0. The average Bonchev–Trinajstić information content (AvgIpc) is 2.43. The first-order chi connectivity index (χ1) is 9.78. The van der Waals surface area contributed by atoms with Crippen molar-refractivity contribution >= 4 is 24.3 Å². The lowest BCUT2D eigenvalue weighted by atomic mass is 10.1. The lowest BCUT2D eigenvalue weighted by molar-refractivity contribution is 0.505. The summed E-state index contributed by atoms with van der Waals surface area (Å²) >= 11 is 0. The Morgan fingerprint density at radius 3 is 1.10 bits per heavy atom. The van der Waals surface area contributed by atoms with E-state index in [4.69, 9.17) is 0 Å². The minimum Gasteiger partial charge on any atom is -0.211 e. The van der Waals surface area contributed by atoms with E-state index in [9.17, 15) is 19.2 Å². The number of hydrogen-bond acceptors (Lipinski definition) is 8. The van der Waals surface area contributed by atoms with Crippen LogP contribution in [0.4, 0.5) is 0 Å². The van der Waals surface area contributed by atoms with Crippen LogP contribution in [0.15, 0.2) is 20.0 Å². The molecule has 0 saturated heterocycles. The van der Waals surface area contributed by atoms with Crippen LogP contribution in [0.2, 0.25) is 0 Å². The van der Waals surface area contributed by atoms with Crippen molar-refractivity contribution in [2.45, 2.75) is 50.9 Å². The minimum absolute atomic E-state index is 0.465. The van der Waals surface area contributed by atoms with Crippen LogP contribution in [0.1, 0.15) is 38.5 Å². The Bertz CT molecular complexity index is 388. The van der Waals surface area contributed by atoms with Gasteiger partial charge in [-0.2, -0.15) is 20.0 Å². The molecule has 0 heterocycles. The maximum absolute atomic E-state index is 10.1. The highest BCUT2D eigenvalue weighted by Crippen LogP contribution is 2.12. The molecule has 0 aromatic rings. The molecule has 0 radical (unpaired) electrons. The Morgan fingerprint density at radius 2 is 0.850 bits per heavy atom. The highest BCUT2D eigenvalue weighted by atomic mass is 16.1. The summed E-state index contributed by atoms with van der Waals surface area (Å²) in [6.45, 7) is 0. The van der Waals surface area contributed by atoms with Crippen LogP contribution in [-0.4, -0.2) is 36.7 Å². The predicted molar refractivity (Wildman–Crippen MR) is 67.8 cm³/mol. The molecule has 0 unspecified atom stereocenters. The van der Waals surface area contributed by atoms with Gasteiger partial charge in [-0.1, -0.05) is 12.8 Å². The van der Waals surface area contributed by atoms with Gasteiger partial charge in [-0.3, -0.25) is 0 Å². The lowest BCUT2D eigenvalue weighted by Crippen LogP contribution is -2.01. The van der Waals surface area contributed by atoms with Gasteiger partial charge in [-0.05, 0) is 25.7 Å². The van der Waals surface area contributed by atoms with Crippen LogP contribution < -0.4 is 0 Å². The van der Waals surface area contributed by atoms with Crippen LogP contribution in [0.3, 0.4) is 0 Å². The quantitative estimate of drug-likeness (QED) is 0.321. The van der Waals surface area contributed by atoms with Crippen molar-refractivity contribution in [3.05, 3.63) is 0 Å². The van der Waals surface area contributed by atoms with Gasteiger partial charge in [-0.25, -0.2) is 19.2 Å². The third-order valence-electron chi connectivity index (χ3n) is 2.48. The zero-order valence-electron chi connectivity index (χ0n) is 10.8. The van der Waals surface area contributed by atoms with Gasteiger partial charge in [0, 0.05) is 0 Å². The number of unbranched alkanes of at least 4 members (excludes halogenated alkanes) is 3. The summed E-state index contributed by atoms with van der Waals surface area (Å²) in [4.78, 5) is 53.7. The molecule has 0 aliphatic rings. The van der Waals surface area contributed by atoms with E-state index in [1.807, 2.05) is 0 Å². The van der Waals surface area contributed by atoms with E-state index in [1.165, 1.54) is 24.3 Å². The van der Waals surface area contributed by atoms with Gasteiger partial charge in [0.15, 0.2) is 12.3 Å². The van der Waals surface area contributed by atoms with E-state index in [0.717, 1.165) is 25.7 Å². The van der Waals surface area contributed by atoms with Crippen LogP contribution in [0, 0.1) is 0 Å². The maximum Gasteiger partial charge on any atom is 0.237 e. The Hall–Kier alpha value is -2.48. The number of isocyanates is 4. The second-order valence-corrected chi connectivity index (χ2v) is 3.83. The van der Waals surface area contributed by atoms with E-state index in [0.29, 0.717) is 12.8 Å². The number of nitrogens with zero attached hydrogens (tertiary/aromatic N) is 4. The molecule has 0 amide bonds. The average molecular weight is 278 g/mol. The van der Waals surface area contributed by atoms with Gasteiger partial charge in [0.05, 0.1) is 0 Å². The first-order valence-corrected chi connectivity index (χ1v) is 6.06. The zero-order valence-corrected chi connectivity index (χ0v) is 10.8. The molecular weight excluding hydrogens is 264 g/mol. The molecule has 0 saturated carbocycles. The van der Waals surface area contributed by atoms with Crippen molar-refractivity contribution in [3.63, 3.8) is 0 Å². The molecule has 0 spiro atoms. The maximum atomic E-state index is 10.1. The van der Waals surface area contributed by atoms with Gasteiger partial charge in [0.2, 0.25) is 24.3 Å². The van der Waals surface area contributed by atoms with Crippen LogP contribution >= 0.6 is 0 Å². The summed E-state index contributed by atoms with van der Waals surface area (Å²) in [5.41, 5.74) is 0. The SMILES string of the molecule is O=C=NC(CCCCCCC(N=C=O)N=C=O)N=C=O. The first-order valence-electron chi connectivity index (χ1n) is 6.06. The van der Waals surface area contributed by atoms with Gasteiger partial charge >= 0.3 is 0 Å². The van der Waals surface area contributed by atoms with E-state index < -0.39 is 12.3 Å². The van der Waals surface area contributed by atoms with Crippen molar-refractivity contribution < 1.29 is 19.2 Å². The predicted octanol–water partition coefficient (Wildman–Crippen LogP) is 1.32. The summed E-state index contributed by atoms with van der Waals surface area (Å²) in [7, 11) is 0. The molecular formula is C12H14N4O4. The smallest absolute Gasteiger partial charge is 0.211 e. The highest BCUT2D eigenvalue weighted by molar-refractivity contribution is 5.37. The number of rotatable bonds is 11. The fraction of sp³-hybridized carbons (Fsp3) is 0.667. The molecule has 0 fully saturated rings. The number of hydrogen-bond donors (Lipinski definition) is 0. The Labute approximate surface area is 115 Å². The van der Waals surface area contributed by atoms with Crippen LogP contribution in [0.5, 0.6) is 0 Å². The standard InChI is InChI=1S/C12H14N4O4/c17-7-13-11(14-8-18)5-3-1-2-4-6-12(15-9-19)16-10-20/h11-12H,1-6H2. The molecule has 20 heavy (non-hydrogen) atoms. The molecule has 0 N–H and O–H groups in total. The molecule has 0 aromatic heterocycles. The van der Waals surface area contributed by atoms with Gasteiger partial charge in [0.25, 0.3) is 0 Å². The molecule has 8 heteroatoms. The molecule has 106 valence electrons. The monoisotopic (exact) mass is 278 g/mol. The molecule has 0 aliphatic carbocycles. The topological polar surface area (TPSA) is 118 Å². The van der Waals surface area contributed by atoms with E-state index in [-0.39, 0.29) is 0 Å². The van der Waals surface area contributed by atoms with Gasteiger partial charge in [-0.15, -0.1) is 0 Å². The summed E-state index contributed by atoms with van der Waals surface area (Å²) in [5.74, 6) is 0. The van der Waals surface area contributed by atoms with E-state index >= 15 is 0 Å². The fourth-order valence-corrected chi connectivity index (χ4v) is 1.57. The highest BCUT2D eigenvalue weighted by Gasteiger charge is 2.05. The van der Waals surface area contributed by atoms with Crippen LogP contribution in [0.25, 0.3) is 0 Å². The summed E-state index contributed by atoms with van der Waals surface area (Å²) in [5, 5.41) is 0. The Balaban J connectivity index is 3.85. The summed E-state index contributed by atoms with van der Waals surface area (Å²) in [6.07, 6.45) is 8.00. The van der Waals surface area contributed by atoms with E-state index in [1.54, 1.807) is 0 Å². The fourth-order valence-electron chi connectivity index (χ4n) is 1.57. The number of carbonyl (C=O) groups excluding carboxylic acids is 4. The normalized spacial score (nSPS) is 11.8. The lowest BCUT2D eigenvalue weighted by Gasteiger charge is -2.04. The third-order valence-corrected chi connectivity index (χ3v) is 2.48. The molecule has 0 rings (SSSR count). The van der Waals surface area contributed by atoms with Gasteiger partial charge in [0.1, 0.15) is 0 Å².